The zero-order valence-electron chi connectivity index (χ0n) is 8.75. The van der Waals surface area contributed by atoms with Gasteiger partial charge < -0.3 is 4.55 Å². The third-order valence-corrected chi connectivity index (χ3v) is 2.71. The van der Waals surface area contributed by atoms with E-state index in [0.717, 1.165) is 18.8 Å². The Balaban J connectivity index is 2.96. The fraction of sp³-hybridized carbons (Fsp3) is 1.00. The molecule has 0 heterocycles. The molecule has 1 atom stereocenters. The average molecular weight is 205 g/mol. The van der Waals surface area contributed by atoms with E-state index in [-0.39, 0.29) is 0 Å². The van der Waals surface area contributed by atoms with Crippen LogP contribution in [0.5, 0.6) is 0 Å². The Bertz CT molecular complexity index is 135. The van der Waals surface area contributed by atoms with Crippen molar-refractivity contribution in [3.8, 4) is 0 Å². The highest BCUT2D eigenvalue weighted by atomic mass is 32.2. The summed E-state index contributed by atoms with van der Waals surface area (Å²) in [5.41, 5.74) is 0. The van der Waals surface area contributed by atoms with Gasteiger partial charge in [-0.05, 0) is 12.3 Å². The first-order chi connectivity index (χ1) is 6.13. The molecule has 0 saturated heterocycles. The quantitative estimate of drug-likeness (QED) is 0.451. The second kappa shape index (κ2) is 8.70. The van der Waals surface area contributed by atoms with Crippen molar-refractivity contribution >= 4 is 11.1 Å². The lowest BCUT2D eigenvalue weighted by Crippen LogP contribution is -1.94. The van der Waals surface area contributed by atoms with Crippen LogP contribution in [0.4, 0.5) is 0 Å². The molecule has 0 amide bonds. The summed E-state index contributed by atoms with van der Waals surface area (Å²) in [6.07, 6.45) is 6.92. The van der Waals surface area contributed by atoms with Crippen LogP contribution in [0.15, 0.2) is 0 Å². The minimum atomic E-state index is -1.83. The Kier molecular flexibility index (Phi) is 8.77. The summed E-state index contributed by atoms with van der Waals surface area (Å²) in [5.74, 6) is 1.14. The van der Waals surface area contributed by atoms with Crippen molar-refractivity contribution in [3.63, 3.8) is 0 Å². The van der Waals surface area contributed by atoms with Gasteiger partial charge in [0.1, 0.15) is 0 Å². The third-order valence-electron chi connectivity index (χ3n) is 2.09. The lowest BCUT2D eigenvalue weighted by atomic mass is 10.0. The van der Waals surface area contributed by atoms with Crippen molar-refractivity contribution < 1.29 is 8.76 Å². The van der Waals surface area contributed by atoms with Crippen LogP contribution < -0.4 is 0 Å². The molecule has 0 aliphatic carbocycles. The molecular weight excluding hydrogens is 184 g/mol. The minimum Gasteiger partial charge on any atom is -0.772 e. The van der Waals surface area contributed by atoms with Crippen LogP contribution in [0.3, 0.4) is 0 Å². The molecule has 0 bridgehead atoms. The molecule has 13 heavy (non-hydrogen) atoms. The van der Waals surface area contributed by atoms with Crippen LogP contribution >= 0.6 is 0 Å². The molecule has 0 fully saturated rings. The first-order valence-corrected chi connectivity index (χ1v) is 6.43. The molecule has 1 unspecified atom stereocenters. The van der Waals surface area contributed by atoms with Gasteiger partial charge in [0.05, 0.1) is 0 Å². The highest BCUT2D eigenvalue weighted by Gasteiger charge is 1.94. The molecule has 0 spiro atoms. The van der Waals surface area contributed by atoms with Crippen molar-refractivity contribution in [2.45, 2.75) is 52.4 Å². The first kappa shape index (κ1) is 13.1. The molecule has 80 valence electrons. The smallest absolute Gasteiger partial charge is 0.0102 e. The van der Waals surface area contributed by atoms with Gasteiger partial charge in [0.15, 0.2) is 0 Å². The fourth-order valence-corrected chi connectivity index (χ4v) is 1.74. The van der Waals surface area contributed by atoms with E-state index in [1.165, 1.54) is 25.7 Å². The van der Waals surface area contributed by atoms with Gasteiger partial charge in [-0.3, -0.25) is 4.21 Å². The highest BCUT2D eigenvalue weighted by molar-refractivity contribution is 7.79. The van der Waals surface area contributed by atoms with E-state index >= 15 is 0 Å². The monoisotopic (exact) mass is 205 g/mol. The minimum absolute atomic E-state index is 0.337. The van der Waals surface area contributed by atoms with Crippen molar-refractivity contribution in [3.05, 3.63) is 0 Å². The summed E-state index contributed by atoms with van der Waals surface area (Å²) in [5, 5.41) is 0. The van der Waals surface area contributed by atoms with Crippen molar-refractivity contribution in [1.82, 2.24) is 0 Å². The van der Waals surface area contributed by atoms with Gasteiger partial charge in [-0.1, -0.05) is 57.0 Å². The number of unbranched alkanes of at least 4 members (excludes halogenated alkanes) is 4. The Morgan fingerprint density at radius 1 is 1.08 bits per heavy atom. The molecule has 0 radical (unpaired) electrons. The van der Waals surface area contributed by atoms with Gasteiger partial charge in [-0.2, -0.15) is 0 Å². The molecule has 0 aliphatic rings. The Hall–Kier alpha value is 0.110. The molecule has 3 heteroatoms. The molecule has 0 N–H and O–H groups in total. The predicted molar refractivity (Wildman–Crippen MR) is 56.3 cm³/mol. The van der Waals surface area contributed by atoms with Gasteiger partial charge in [-0.25, -0.2) is 0 Å². The maximum Gasteiger partial charge on any atom is 0.0102 e. The third kappa shape index (κ3) is 12.1. The number of hydrogen-bond acceptors (Lipinski definition) is 2. The molecule has 0 aromatic heterocycles. The highest BCUT2D eigenvalue weighted by Crippen LogP contribution is 2.10. The van der Waals surface area contributed by atoms with Gasteiger partial charge in [0, 0.05) is 5.75 Å². The van der Waals surface area contributed by atoms with Gasteiger partial charge >= 0.3 is 0 Å². The average Bonchev–Trinajstić information content (AvgIpc) is 2.01. The summed E-state index contributed by atoms with van der Waals surface area (Å²) in [6.45, 7) is 4.47. The van der Waals surface area contributed by atoms with E-state index in [1.54, 1.807) is 0 Å². The maximum absolute atomic E-state index is 10.2. The molecular formula is C10H21O2S-. The zero-order chi connectivity index (χ0) is 10.1. The van der Waals surface area contributed by atoms with Crippen LogP contribution in [0.25, 0.3) is 0 Å². The summed E-state index contributed by atoms with van der Waals surface area (Å²) in [7, 11) is 0. The van der Waals surface area contributed by atoms with Crippen LogP contribution in [0.1, 0.15) is 52.4 Å². The zero-order valence-corrected chi connectivity index (χ0v) is 9.57. The van der Waals surface area contributed by atoms with Crippen LogP contribution in [0, 0.1) is 5.92 Å². The first-order valence-electron chi connectivity index (χ1n) is 5.18. The normalized spacial score (nSPS) is 13.5. The van der Waals surface area contributed by atoms with Crippen LogP contribution in [0.2, 0.25) is 0 Å². The van der Waals surface area contributed by atoms with Crippen molar-refractivity contribution in [1.29, 1.82) is 0 Å². The van der Waals surface area contributed by atoms with Gasteiger partial charge in [0.25, 0.3) is 0 Å². The number of hydrogen-bond donors (Lipinski definition) is 0. The summed E-state index contributed by atoms with van der Waals surface area (Å²) in [4.78, 5) is 0. The van der Waals surface area contributed by atoms with Gasteiger partial charge in [-0.15, -0.1) is 0 Å². The van der Waals surface area contributed by atoms with E-state index in [2.05, 4.69) is 13.8 Å². The van der Waals surface area contributed by atoms with E-state index in [1.807, 2.05) is 0 Å². The summed E-state index contributed by atoms with van der Waals surface area (Å²) < 4.78 is 20.4. The van der Waals surface area contributed by atoms with Crippen LogP contribution in [-0.4, -0.2) is 14.5 Å². The van der Waals surface area contributed by atoms with Crippen LogP contribution in [-0.2, 0) is 11.1 Å². The molecule has 0 aliphatic heterocycles. The van der Waals surface area contributed by atoms with E-state index < -0.39 is 11.1 Å². The predicted octanol–water partition coefficient (Wildman–Crippen LogP) is 2.86. The standard InChI is InChI=1S/C10H22O2S/c1-10(2)8-6-4-3-5-7-9-13(11)12/h10H,3-9H2,1-2H3,(H,11,12)/p-1. The Labute approximate surface area is 84.4 Å². The second-order valence-electron chi connectivity index (χ2n) is 3.96. The molecule has 0 saturated carbocycles. The van der Waals surface area contributed by atoms with E-state index in [4.69, 9.17) is 0 Å². The Morgan fingerprint density at radius 2 is 1.62 bits per heavy atom. The molecule has 0 aromatic rings. The summed E-state index contributed by atoms with van der Waals surface area (Å²) in [6, 6.07) is 0. The molecule has 2 nitrogen and oxygen atoms in total. The van der Waals surface area contributed by atoms with E-state index in [9.17, 15) is 8.76 Å². The van der Waals surface area contributed by atoms with E-state index in [0.29, 0.717) is 5.75 Å². The van der Waals surface area contributed by atoms with Crippen molar-refractivity contribution in [2.24, 2.45) is 5.92 Å². The Morgan fingerprint density at radius 3 is 2.15 bits per heavy atom. The second-order valence-corrected chi connectivity index (χ2v) is 4.97. The lowest BCUT2D eigenvalue weighted by molar-refractivity contribution is 0.513. The van der Waals surface area contributed by atoms with Gasteiger partial charge in [0.2, 0.25) is 0 Å². The fourth-order valence-electron chi connectivity index (χ4n) is 1.30. The number of rotatable bonds is 8. The molecule has 0 rings (SSSR count). The SMILES string of the molecule is CC(C)CCCCCCCS(=O)[O-]. The topological polar surface area (TPSA) is 40.1 Å². The summed E-state index contributed by atoms with van der Waals surface area (Å²) >= 11 is -1.83. The van der Waals surface area contributed by atoms with Crippen molar-refractivity contribution in [2.75, 3.05) is 5.75 Å². The molecule has 0 aromatic carbocycles. The lowest BCUT2D eigenvalue weighted by Gasteiger charge is -2.05. The maximum atomic E-state index is 10.2. The largest absolute Gasteiger partial charge is 0.772 e.